The fourth-order valence-corrected chi connectivity index (χ4v) is 2.81. The molecule has 0 bridgehead atoms. The van der Waals surface area contributed by atoms with E-state index in [0.29, 0.717) is 19.1 Å². The third-order valence-electron chi connectivity index (χ3n) is 3.95. The highest BCUT2D eigenvalue weighted by molar-refractivity contribution is 5.83. The van der Waals surface area contributed by atoms with E-state index in [1.807, 2.05) is 4.90 Å². The molecule has 2 atom stereocenters. The molecule has 0 aromatic carbocycles. The molecule has 2 unspecified atom stereocenters. The van der Waals surface area contributed by atoms with E-state index in [9.17, 15) is 4.79 Å². The molecule has 2 aliphatic rings. The van der Waals surface area contributed by atoms with Crippen molar-refractivity contribution in [1.82, 2.24) is 10.2 Å². The number of carbonyl (C=O) groups is 1. The number of morpholine rings is 1. The fourth-order valence-electron chi connectivity index (χ4n) is 2.81. The smallest absolute Gasteiger partial charge is 0.240 e. The summed E-state index contributed by atoms with van der Waals surface area (Å²) in [6, 6.07) is 0.00104. The van der Waals surface area contributed by atoms with Gasteiger partial charge in [0.2, 0.25) is 5.91 Å². The molecule has 0 aromatic rings. The van der Waals surface area contributed by atoms with Crippen molar-refractivity contribution in [2.75, 3.05) is 26.3 Å². The van der Waals surface area contributed by atoms with Gasteiger partial charge >= 0.3 is 0 Å². The van der Waals surface area contributed by atoms with E-state index in [2.05, 4.69) is 26.1 Å². The van der Waals surface area contributed by atoms with Crippen molar-refractivity contribution >= 4 is 5.91 Å². The fraction of sp³-hybridized carbons (Fsp3) is 0.923. The van der Waals surface area contributed by atoms with Gasteiger partial charge in [-0.25, -0.2) is 0 Å². The molecule has 0 aromatic heterocycles. The summed E-state index contributed by atoms with van der Waals surface area (Å²) in [5, 5.41) is 3.37. The maximum Gasteiger partial charge on any atom is 0.240 e. The van der Waals surface area contributed by atoms with E-state index in [4.69, 9.17) is 4.74 Å². The summed E-state index contributed by atoms with van der Waals surface area (Å²) in [5.74, 6) is 0.695. The normalized spacial score (nSPS) is 33.5. The number of amides is 1. The monoisotopic (exact) mass is 240 g/mol. The van der Waals surface area contributed by atoms with Crippen molar-refractivity contribution < 1.29 is 9.53 Å². The van der Waals surface area contributed by atoms with E-state index >= 15 is 0 Å². The predicted octanol–water partition coefficient (Wildman–Crippen LogP) is 1.01. The lowest BCUT2D eigenvalue weighted by atomic mass is 9.90. The number of hydrogen-bond donors (Lipinski definition) is 1. The van der Waals surface area contributed by atoms with Gasteiger partial charge in [0.1, 0.15) is 0 Å². The van der Waals surface area contributed by atoms with Crippen LogP contribution in [-0.2, 0) is 9.53 Å². The molecule has 98 valence electrons. The van der Waals surface area contributed by atoms with E-state index in [-0.39, 0.29) is 17.5 Å². The molecular formula is C13H24N2O2. The topological polar surface area (TPSA) is 41.6 Å². The maximum atomic E-state index is 12.6. The zero-order valence-electron chi connectivity index (χ0n) is 11.2. The average molecular weight is 240 g/mol. The van der Waals surface area contributed by atoms with Crippen molar-refractivity contribution in [1.29, 1.82) is 0 Å². The first-order valence-electron chi connectivity index (χ1n) is 6.65. The van der Waals surface area contributed by atoms with Gasteiger partial charge < -0.3 is 15.0 Å². The molecule has 2 aliphatic heterocycles. The van der Waals surface area contributed by atoms with Gasteiger partial charge in [-0.15, -0.1) is 0 Å². The summed E-state index contributed by atoms with van der Waals surface area (Å²) < 4.78 is 5.47. The van der Waals surface area contributed by atoms with Crippen LogP contribution in [-0.4, -0.2) is 48.7 Å². The average Bonchev–Trinajstić information content (AvgIpc) is 2.28. The summed E-state index contributed by atoms with van der Waals surface area (Å²) in [6.07, 6.45) is 2.33. The van der Waals surface area contributed by atoms with Crippen molar-refractivity contribution in [3.63, 3.8) is 0 Å². The lowest BCUT2D eigenvalue weighted by Crippen LogP contribution is -2.61. The predicted molar refractivity (Wildman–Crippen MR) is 66.8 cm³/mol. The Morgan fingerprint density at radius 1 is 1.47 bits per heavy atom. The van der Waals surface area contributed by atoms with Gasteiger partial charge in [0, 0.05) is 6.54 Å². The highest BCUT2D eigenvalue weighted by Crippen LogP contribution is 2.24. The van der Waals surface area contributed by atoms with Crippen molar-refractivity contribution in [3.05, 3.63) is 0 Å². The summed E-state index contributed by atoms with van der Waals surface area (Å²) in [7, 11) is 0. The Bertz CT molecular complexity index is 291. The van der Waals surface area contributed by atoms with Crippen LogP contribution in [0, 0.1) is 5.92 Å². The molecule has 4 heteroatoms. The molecular weight excluding hydrogens is 216 g/mol. The standard InChI is InChI=1S/C13H24N2O2/c1-10-5-4-6-14-11(10)12(16)15-7-8-17-9-13(15,2)3/h10-11,14H,4-9H2,1-3H3. The van der Waals surface area contributed by atoms with Crippen LogP contribution in [0.3, 0.4) is 0 Å². The Labute approximate surface area is 104 Å². The number of hydrogen-bond acceptors (Lipinski definition) is 3. The second-order valence-electron chi connectivity index (χ2n) is 5.91. The lowest BCUT2D eigenvalue weighted by Gasteiger charge is -2.45. The number of nitrogens with zero attached hydrogens (tertiary/aromatic N) is 1. The third kappa shape index (κ3) is 2.63. The minimum Gasteiger partial charge on any atom is -0.377 e. The summed E-state index contributed by atoms with van der Waals surface area (Å²) >= 11 is 0. The number of ether oxygens (including phenoxy) is 1. The van der Waals surface area contributed by atoms with Crippen molar-refractivity contribution in [2.45, 2.75) is 45.2 Å². The van der Waals surface area contributed by atoms with E-state index in [1.165, 1.54) is 6.42 Å². The highest BCUT2D eigenvalue weighted by atomic mass is 16.5. The van der Waals surface area contributed by atoms with Gasteiger partial charge in [-0.1, -0.05) is 6.92 Å². The van der Waals surface area contributed by atoms with Gasteiger partial charge in [0.05, 0.1) is 24.8 Å². The summed E-state index contributed by atoms with van der Waals surface area (Å²) in [4.78, 5) is 14.6. The Morgan fingerprint density at radius 3 is 2.88 bits per heavy atom. The van der Waals surface area contributed by atoms with Gasteiger partial charge in [-0.05, 0) is 39.2 Å². The summed E-state index contributed by atoms with van der Waals surface area (Å²) in [5.41, 5.74) is -0.172. The zero-order chi connectivity index (χ0) is 12.5. The Kier molecular flexibility index (Phi) is 3.73. The van der Waals surface area contributed by atoms with E-state index < -0.39 is 0 Å². The van der Waals surface area contributed by atoms with Gasteiger partial charge in [-0.3, -0.25) is 4.79 Å². The van der Waals surface area contributed by atoms with Crippen LogP contribution >= 0.6 is 0 Å². The molecule has 2 rings (SSSR count). The molecule has 0 radical (unpaired) electrons. The third-order valence-corrected chi connectivity index (χ3v) is 3.95. The number of nitrogens with one attached hydrogen (secondary N) is 1. The Morgan fingerprint density at radius 2 is 2.24 bits per heavy atom. The molecule has 17 heavy (non-hydrogen) atoms. The SMILES string of the molecule is CC1CCCNC1C(=O)N1CCOCC1(C)C. The molecule has 2 heterocycles. The van der Waals surface area contributed by atoms with Crippen LogP contribution in [0.4, 0.5) is 0 Å². The first-order chi connectivity index (χ1) is 8.02. The Hall–Kier alpha value is -0.610. The second kappa shape index (κ2) is 4.94. The number of rotatable bonds is 1. The minimum atomic E-state index is -0.172. The van der Waals surface area contributed by atoms with Gasteiger partial charge in [0.25, 0.3) is 0 Å². The number of piperidine rings is 1. The maximum absolute atomic E-state index is 12.6. The number of carbonyl (C=O) groups excluding carboxylic acids is 1. The van der Waals surface area contributed by atoms with Crippen LogP contribution in [0.5, 0.6) is 0 Å². The quantitative estimate of drug-likeness (QED) is 0.744. The second-order valence-corrected chi connectivity index (χ2v) is 5.91. The van der Waals surface area contributed by atoms with Crippen LogP contribution in [0.25, 0.3) is 0 Å². The van der Waals surface area contributed by atoms with Crippen LogP contribution in [0.2, 0.25) is 0 Å². The minimum absolute atomic E-state index is 0.00104. The van der Waals surface area contributed by atoms with Crippen LogP contribution < -0.4 is 5.32 Å². The largest absolute Gasteiger partial charge is 0.377 e. The van der Waals surface area contributed by atoms with Crippen LogP contribution in [0.15, 0.2) is 0 Å². The molecule has 0 spiro atoms. The molecule has 0 saturated carbocycles. The highest BCUT2D eigenvalue weighted by Gasteiger charge is 2.39. The van der Waals surface area contributed by atoms with Crippen LogP contribution in [0.1, 0.15) is 33.6 Å². The molecule has 2 saturated heterocycles. The molecule has 4 nitrogen and oxygen atoms in total. The van der Waals surface area contributed by atoms with Crippen molar-refractivity contribution in [3.8, 4) is 0 Å². The lowest BCUT2D eigenvalue weighted by molar-refractivity contribution is -0.150. The van der Waals surface area contributed by atoms with E-state index in [0.717, 1.165) is 19.5 Å². The van der Waals surface area contributed by atoms with Crippen molar-refractivity contribution in [2.24, 2.45) is 5.92 Å². The molecule has 2 fully saturated rings. The molecule has 1 N–H and O–H groups in total. The Balaban J connectivity index is 2.07. The van der Waals surface area contributed by atoms with Gasteiger partial charge in [0.15, 0.2) is 0 Å². The summed E-state index contributed by atoms with van der Waals surface area (Å²) in [6.45, 7) is 9.32. The van der Waals surface area contributed by atoms with E-state index in [1.54, 1.807) is 0 Å². The molecule has 0 aliphatic carbocycles. The molecule has 1 amide bonds. The zero-order valence-corrected chi connectivity index (χ0v) is 11.2. The first-order valence-corrected chi connectivity index (χ1v) is 6.65. The first kappa shape index (κ1) is 12.8. The van der Waals surface area contributed by atoms with Gasteiger partial charge in [-0.2, -0.15) is 0 Å².